The fourth-order valence-corrected chi connectivity index (χ4v) is 1.29. The maximum atomic E-state index is 12.5. The standard InChI is InChI=1S/C9H5F3N2O4/c10-9(11,12)6-1-4(3-15)5(8(13)16)2-7(6)14(17)18/h1-3H,(H2,13,16). The Morgan fingerprint density at radius 2 is 1.94 bits per heavy atom. The number of nitrogens with two attached hydrogens (primary N) is 1. The fourth-order valence-electron chi connectivity index (χ4n) is 1.29. The maximum absolute atomic E-state index is 12.5. The first-order valence-electron chi connectivity index (χ1n) is 4.33. The second kappa shape index (κ2) is 4.43. The van der Waals surface area contributed by atoms with Crippen LogP contribution in [0.1, 0.15) is 26.3 Å². The van der Waals surface area contributed by atoms with Gasteiger partial charge >= 0.3 is 6.18 Å². The normalized spacial score (nSPS) is 11.1. The quantitative estimate of drug-likeness (QED) is 0.506. The Balaban J connectivity index is 3.68. The first-order chi connectivity index (χ1) is 8.18. The first kappa shape index (κ1) is 13.6. The SMILES string of the molecule is NC(=O)c1cc([N+](=O)[O-])c(C(F)(F)F)cc1C=O. The summed E-state index contributed by atoms with van der Waals surface area (Å²) in [5.41, 5.74) is 0.587. The Morgan fingerprint density at radius 1 is 1.39 bits per heavy atom. The van der Waals surface area contributed by atoms with Crippen molar-refractivity contribution in [3.63, 3.8) is 0 Å². The molecule has 0 bridgehead atoms. The molecule has 0 aliphatic heterocycles. The molecule has 0 aromatic heterocycles. The number of nitro groups is 1. The zero-order valence-corrected chi connectivity index (χ0v) is 8.52. The summed E-state index contributed by atoms with van der Waals surface area (Å²) in [5, 5.41) is 10.5. The molecular weight excluding hydrogens is 257 g/mol. The number of carbonyl (C=O) groups excluding carboxylic acids is 2. The molecule has 0 saturated heterocycles. The van der Waals surface area contributed by atoms with Gasteiger partial charge in [0.1, 0.15) is 5.56 Å². The van der Waals surface area contributed by atoms with Crippen molar-refractivity contribution >= 4 is 17.9 Å². The molecule has 6 nitrogen and oxygen atoms in total. The van der Waals surface area contributed by atoms with Gasteiger partial charge in [-0.05, 0) is 6.07 Å². The summed E-state index contributed by atoms with van der Waals surface area (Å²) in [6.07, 6.45) is -5.05. The van der Waals surface area contributed by atoms with Crippen molar-refractivity contribution in [2.75, 3.05) is 0 Å². The summed E-state index contributed by atoms with van der Waals surface area (Å²) in [4.78, 5) is 30.6. The molecule has 0 radical (unpaired) electrons. The van der Waals surface area contributed by atoms with Crippen LogP contribution in [0.2, 0.25) is 0 Å². The van der Waals surface area contributed by atoms with Crippen molar-refractivity contribution in [3.05, 3.63) is 38.9 Å². The minimum absolute atomic E-state index is 0.0287. The van der Waals surface area contributed by atoms with E-state index in [1.807, 2.05) is 0 Å². The largest absolute Gasteiger partial charge is 0.423 e. The van der Waals surface area contributed by atoms with Crippen molar-refractivity contribution in [2.45, 2.75) is 6.18 Å². The van der Waals surface area contributed by atoms with E-state index in [1.54, 1.807) is 0 Å². The number of alkyl halides is 3. The van der Waals surface area contributed by atoms with Crippen molar-refractivity contribution in [2.24, 2.45) is 5.73 Å². The predicted molar refractivity (Wildman–Crippen MR) is 52.0 cm³/mol. The molecule has 0 saturated carbocycles. The average molecular weight is 262 g/mol. The summed E-state index contributed by atoms with van der Waals surface area (Å²) in [5.74, 6) is -1.23. The number of hydrogen-bond donors (Lipinski definition) is 1. The van der Waals surface area contributed by atoms with Crippen LogP contribution in [0.4, 0.5) is 18.9 Å². The zero-order chi connectivity index (χ0) is 14.1. The molecule has 0 aliphatic rings. The second-order valence-electron chi connectivity index (χ2n) is 3.19. The lowest BCUT2D eigenvalue weighted by atomic mass is 10.0. The van der Waals surface area contributed by atoms with Gasteiger partial charge in [0.15, 0.2) is 6.29 Å². The number of benzene rings is 1. The van der Waals surface area contributed by atoms with Gasteiger partial charge < -0.3 is 5.73 Å². The highest BCUT2D eigenvalue weighted by atomic mass is 19.4. The molecule has 1 aromatic carbocycles. The van der Waals surface area contributed by atoms with Crippen molar-refractivity contribution < 1.29 is 27.7 Å². The van der Waals surface area contributed by atoms with Crippen LogP contribution in [-0.2, 0) is 6.18 Å². The van der Waals surface area contributed by atoms with Gasteiger partial charge in [0.05, 0.1) is 10.5 Å². The van der Waals surface area contributed by atoms with Crippen molar-refractivity contribution in [1.82, 2.24) is 0 Å². The molecule has 0 aliphatic carbocycles. The third-order valence-corrected chi connectivity index (χ3v) is 2.06. The summed E-state index contributed by atoms with van der Waals surface area (Å²) in [6, 6.07) is 0.570. The van der Waals surface area contributed by atoms with E-state index in [9.17, 15) is 32.9 Å². The van der Waals surface area contributed by atoms with E-state index >= 15 is 0 Å². The minimum atomic E-state index is -5.02. The highest BCUT2D eigenvalue weighted by Gasteiger charge is 2.39. The zero-order valence-electron chi connectivity index (χ0n) is 8.52. The van der Waals surface area contributed by atoms with Crippen LogP contribution in [0.5, 0.6) is 0 Å². The highest BCUT2D eigenvalue weighted by Crippen LogP contribution is 2.37. The minimum Gasteiger partial charge on any atom is -0.366 e. The molecule has 9 heteroatoms. The Bertz CT molecular complexity index is 539. The molecule has 0 atom stereocenters. The third-order valence-electron chi connectivity index (χ3n) is 2.06. The Morgan fingerprint density at radius 3 is 2.28 bits per heavy atom. The number of primary amides is 1. The van der Waals surface area contributed by atoms with Gasteiger partial charge in [-0.1, -0.05) is 0 Å². The molecule has 1 aromatic rings. The summed E-state index contributed by atoms with van der Waals surface area (Å²) < 4.78 is 37.6. The monoisotopic (exact) mass is 262 g/mol. The summed E-state index contributed by atoms with van der Waals surface area (Å²) >= 11 is 0. The van der Waals surface area contributed by atoms with Crippen LogP contribution in [0, 0.1) is 10.1 Å². The number of nitro benzene ring substituents is 1. The Labute approximate surface area is 97.3 Å². The lowest BCUT2D eigenvalue weighted by molar-refractivity contribution is -0.388. The Kier molecular flexibility index (Phi) is 3.35. The summed E-state index contributed by atoms with van der Waals surface area (Å²) in [7, 11) is 0. The molecule has 0 spiro atoms. The number of carbonyl (C=O) groups is 2. The summed E-state index contributed by atoms with van der Waals surface area (Å²) in [6.45, 7) is 0. The fraction of sp³-hybridized carbons (Fsp3) is 0.111. The van der Waals surface area contributed by atoms with Gasteiger partial charge in [-0.2, -0.15) is 13.2 Å². The molecule has 0 unspecified atom stereocenters. The van der Waals surface area contributed by atoms with Crippen LogP contribution in [0.15, 0.2) is 12.1 Å². The molecule has 18 heavy (non-hydrogen) atoms. The van der Waals surface area contributed by atoms with E-state index in [0.29, 0.717) is 6.07 Å². The second-order valence-corrected chi connectivity index (χ2v) is 3.19. The van der Waals surface area contributed by atoms with Gasteiger partial charge in [0, 0.05) is 11.6 Å². The van der Waals surface area contributed by atoms with Gasteiger partial charge in [0.25, 0.3) is 5.69 Å². The van der Waals surface area contributed by atoms with E-state index in [-0.39, 0.29) is 12.4 Å². The Hall–Kier alpha value is -2.45. The smallest absolute Gasteiger partial charge is 0.366 e. The molecule has 1 rings (SSSR count). The van der Waals surface area contributed by atoms with Gasteiger partial charge in [-0.15, -0.1) is 0 Å². The van der Waals surface area contributed by atoms with Crippen LogP contribution < -0.4 is 5.73 Å². The number of rotatable bonds is 3. The van der Waals surface area contributed by atoms with Gasteiger partial charge in [-0.25, -0.2) is 0 Å². The lowest BCUT2D eigenvalue weighted by Crippen LogP contribution is -2.17. The molecule has 2 N–H and O–H groups in total. The molecule has 1 amide bonds. The number of halogens is 3. The molecule has 96 valence electrons. The topological polar surface area (TPSA) is 103 Å². The van der Waals surface area contributed by atoms with E-state index < -0.39 is 39.4 Å². The van der Waals surface area contributed by atoms with Crippen LogP contribution in [-0.4, -0.2) is 17.1 Å². The molecule has 0 fully saturated rings. The van der Waals surface area contributed by atoms with Gasteiger partial charge in [-0.3, -0.25) is 19.7 Å². The van der Waals surface area contributed by atoms with Crippen LogP contribution in [0.25, 0.3) is 0 Å². The third kappa shape index (κ3) is 2.44. The maximum Gasteiger partial charge on any atom is 0.423 e. The molecular formula is C9H5F3N2O4. The van der Waals surface area contributed by atoms with E-state index in [4.69, 9.17) is 5.73 Å². The van der Waals surface area contributed by atoms with E-state index in [0.717, 1.165) is 0 Å². The van der Waals surface area contributed by atoms with Crippen molar-refractivity contribution in [1.29, 1.82) is 0 Å². The van der Waals surface area contributed by atoms with Crippen molar-refractivity contribution in [3.8, 4) is 0 Å². The van der Waals surface area contributed by atoms with Gasteiger partial charge in [0.2, 0.25) is 5.91 Å². The number of nitrogens with zero attached hydrogens (tertiary/aromatic N) is 1. The first-order valence-corrected chi connectivity index (χ1v) is 4.33. The highest BCUT2D eigenvalue weighted by molar-refractivity contribution is 6.01. The van der Waals surface area contributed by atoms with Crippen LogP contribution >= 0.6 is 0 Å². The number of hydrogen-bond acceptors (Lipinski definition) is 4. The average Bonchev–Trinajstić information content (AvgIpc) is 2.25. The predicted octanol–water partition coefficient (Wildman–Crippen LogP) is 1.52. The number of aldehydes is 1. The van der Waals surface area contributed by atoms with E-state index in [2.05, 4.69) is 0 Å². The number of amides is 1. The van der Waals surface area contributed by atoms with Crippen LogP contribution in [0.3, 0.4) is 0 Å². The van der Waals surface area contributed by atoms with E-state index in [1.165, 1.54) is 0 Å². The molecule has 0 heterocycles. The lowest BCUT2D eigenvalue weighted by Gasteiger charge is -2.09.